The number of fused-ring (bicyclic) bond motifs is 1. The van der Waals surface area contributed by atoms with Gasteiger partial charge in [0.1, 0.15) is 11.9 Å². The van der Waals surface area contributed by atoms with Crippen molar-refractivity contribution < 1.29 is 18.7 Å². The molecule has 32 heavy (non-hydrogen) atoms. The third-order valence-electron chi connectivity index (χ3n) is 6.97. The number of carbonyl (C=O) groups excluding carboxylic acids is 2. The average molecular weight is 441 g/mol. The van der Waals surface area contributed by atoms with Gasteiger partial charge in [-0.05, 0) is 49.8 Å². The second-order valence-electron chi connectivity index (χ2n) is 9.00. The normalized spacial score (nSPS) is 22.0. The van der Waals surface area contributed by atoms with Crippen LogP contribution < -0.4 is 0 Å². The summed E-state index contributed by atoms with van der Waals surface area (Å²) in [5.41, 5.74) is 2.11. The first-order valence-corrected chi connectivity index (χ1v) is 11.6. The summed E-state index contributed by atoms with van der Waals surface area (Å²) in [6.45, 7) is 3.72. The highest BCUT2D eigenvalue weighted by Gasteiger charge is 2.33. The van der Waals surface area contributed by atoms with Gasteiger partial charge in [-0.3, -0.25) is 9.59 Å². The number of hydrogen-bond donors (Lipinski definition) is 0. The van der Waals surface area contributed by atoms with Crippen LogP contribution in [-0.4, -0.2) is 57.3 Å². The third-order valence-corrected chi connectivity index (χ3v) is 6.97. The molecule has 2 aromatic rings. The molecule has 1 aromatic carbocycles. The molecule has 0 radical (unpaired) electrons. The van der Waals surface area contributed by atoms with Gasteiger partial charge in [0.25, 0.3) is 5.91 Å². The first-order valence-electron chi connectivity index (χ1n) is 11.6. The molecule has 0 aliphatic carbocycles. The van der Waals surface area contributed by atoms with Gasteiger partial charge in [-0.15, -0.1) is 0 Å². The van der Waals surface area contributed by atoms with Crippen LogP contribution in [0.4, 0.5) is 4.39 Å². The zero-order valence-corrected chi connectivity index (χ0v) is 18.2. The molecule has 7 nitrogen and oxygen atoms in total. The average Bonchev–Trinajstić information content (AvgIpc) is 3.27. The summed E-state index contributed by atoms with van der Waals surface area (Å²) in [6.07, 6.45) is 6.31. The van der Waals surface area contributed by atoms with Crippen LogP contribution in [0.15, 0.2) is 30.6 Å². The molecule has 1 atom stereocenters. The van der Waals surface area contributed by atoms with Gasteiger partial charge >= 0.3 is 0 Å². The molecule has 170 valence electrons. The van der Waals surface area contributed by atoms with Crippen LogP contribution in [0.25, 0.3) is 0 Å². The minimum atomic E-state index is -0.276. The Hall–Kier alpha value is -2.74. The lowest BCUT2D eigenvalue weighted by atomic mass is 9.94. The summed E-state index contributed by atoms with van der Waals surface area (Å²) in [5, 5.41) is 0. The molecule has 1 unspecified atom stereocenters. The van der Waals surface area contributed by atoms with E-state index in [1.807, 2.05) is 14.4 Å². The highest BCUT2D eigenvalue weighted by Crippen LogP contribution is 2.29. The Morgan fingerprint density at radius 3 is 2.41 bits per heavy atom. The third kappa shape index (κ3) is 4.16. The Bertz CT molecular complexity index is 976. The molecular weight excluding hydrogens is 411 g/mol. The van der Waals surface area contributed by atoms with Gasteiger partial charge in [0, 0.05) is 32.1 Å². The number of rotatable bonds is 3. The number of halogens is 1. The summed E-state index contributed by atoms with van der Waals surface area (Å²) in [5.74, 6) is -0.0853. The second kappa shape index (κ2) is 9.02. The zero-order chi connectivity index (χ0) is 22.1. The standard InChI is InChI=1S/C24H29FN4O3/c25-19-6-4-17(5-7-19)21-14-29-16-26-22(20(29)15-32-21)24(31)28-12-8-18(9-13-28)23(30)27-10-2-1-3-11-27/h4-7,16,18,21H,1-3,8-15H2. The summed E-state index contributed by atoms with van der Waals surface area (Å²) in [6, 6.07) is 6.31. The number of benzene rings is 1. The van der Waals surface area contributed by atoms with E-state index in [-0.39, 0.29) is 36.3 Å². The molecular formula is C24H29FN4O3. The maximum absolute atomic E-state index is 13.2. The number of nitrogens with zero attached hydrogens (tertiary/aromatic N) is 4. The van der Waals surface area contributed by atoms with Crippen molar-refractivity contribution in [1.29, 1.82) is 0 Å². The molecule has 2 amide bonds. The molecule has 2 fully saturated rings. The first-order chi connectivity index (χ1) is 15.6. The summed E-state index contributed by atoms with van der Waals surface area (Å²) in [7, 11) is 0. The lowest BCUT2D eigenvalue weighted by molar-refractivity contribution is -0.137. The van der Waals surface area contributed by atoms with Crippen molar-refractivity contribution in [2.24, 2.45) is 5.92 Å². The molecule has 1 aromatic heterocycles. The molecule has 8 heteroatoms. The number of hydrogen-bond acceptors (Lipinski definition) is 4. The Labute approximate surface area is 187 Å². The fraction of sp³-hybridized carbons (Fsp3) is 0.542. The van der Waals surface area contributed by atoms with Gasteiger partial charge in [0.15, 0.2) is 5.69 Å². The fourth-order valence-corrected chi connectivity index (χ4v) is 5.04. The monoisotopic (exact) mass is 440 g/mol. The van der Waals surface area contributed by atoms with Crippen molar-refractivity contribution in [3.05, 3.63) is 53.4 Å². The van der Waals surface area contributed by atoms with E-state index < -0.39 is 0 Å². The number of aromatic nitrogens is 2. The van der Waals surface area contributed by atoms with Crippen LogP contribution in [0.5, 0.6) is 0 Å². The maximum atomic E-state index is 13.2. The molecule has 0 spiro atoms. The van der Waals surface area contributed by atoms with Gasteiger partial charge in [-0.1, -0.05) is 12.1 Å². The molecule has 3 aliphatic heterocycles. The lowest BCUT2D eigenvalue weighted by Gasteiger charge is -2.35. The SMILES string of the molecule is O=C(c1ncn2c1COC(c1ccc(F)cc1)C2)N1CCC(C(=O)N2CCCCC2)CC1. The van der Waals surface area contributed by atoms with Crippen LogP contribution in [0, 0.1) is 11.7 Å². The number of carbonyl (C=O) groups is 2. The summed E-state index contributed by atoms with van der Waals surface area (Å²) < 4.78 is 21.1. The van der Waals surface area contributed by atoms with Crippen molar-refractivity contribution in [2.75, 3.05) is 26.2 Å². The van der Waals surface area contributed by atoms with Gasteiger partial charge < -0.3 is 19.1 Å². The molecule has 3 aliphatic rings. The van der Waals surface area contributed by atoms with E-state index in [0.717, 1.165) is 37.2 Å². The molecule has 4 heterocycles. The van der Waals surface area contributed by atoms with E-state index in [9.17, 15) is 14.0 Å². The van der Waals surface area contributed by atoms with Crippen molar-refractivity contribution in [3.8, 4) is 0 Å². The molecule has 2 saturated heterocycles. The van der Waals surface area contributed by atoms with Crippen molar-refractivity contribution in [1.82, 2.24) is 19.4 Å². The molecule has 0 N–H and O–H groups in total. The van der Waals surface area contributed by atoms with E-state index in [1.54, 1.807) is 18.5 Å². The molecule has 0 bridgehead atoms. The number of ether oxygens (including phenoxy) is 1. The highest BCUT2D eigenvalue weighted by molar-refractivity contribution is 5.93. The van der Waals surface area contributed by atoms with E-state index in [0.29, 0.717) is 38.2 Å². The Balaban J connectivity index is 1.20. The van der Waals surface area contributed by atoms with Crippen LogP contribution in [0.2, 0.25) is 0 Å². The van der Waals surface area contributed by atoms with E-state index in [1.165, 1.54) is 18.6 Å². The van der Waals surface area contributed by atoms with Crippen LogP contribution >= 0.6 is 0 Å². The quantitative estimate of drug-likeness (QED) is 0.735. The number of imidazole rings is 1. The first kappa shape index (κ1) is 21.1. The van der Waals surface area contributed by atoms with Crippen molar-refractivity contribution in [2.45, 2.75) is 51.4 Å². The minimum absolute atomic E-state index is 0.0212. The summed E-state index contributed by atoms with van der Waals surface area (Å²) in [4.78, 5) is 34.2. The molecule has 0 saturated carbocycles. The van der Waals surface area contributed by atoms with Crippen molar-refractivity contribution in [3.63, 3.8) is 0 Å². The predicted molar refractivity (Wildman–Crippen MR) is 115 cm³/mol. The van der Waals surface area contributed by atoms with Crippen LogP contribution in [-0.2, 0) is 22.7 Å². The van der Waals surface area contributed by atoms with E-state index in [2.05, 4.69) is 4.98 Å². The minimum Gasteiger partial charge on any atom is -0.365 e. The maximum Gasteiger partial charge on any atom is 0.274 e. The number of amides is 2. The largest absolute Gasteiger partial charge is 0.365 e. The van der Waals surface area contributed by atoms with Crippen LogP contribution in [0.1, 0.15) is 60.0 Å². The highest BCUT2D eigenvalue weighted by atomic mass is 19.1. The van der Waals surface area contributed by atoms with Crippen molar-refractivity contribution >= 4 is 11.8 Å². The number of likely N-dealkylation sites (tertiary alicyclic amines) is 2. The second-order valence-corrected chi connectivity index (χ2v) is 9.00. The van der Waals surface area contributed by atoms with E-state index >= 15 is 0 Å². The Morgan fingerprint density at radius 1 is 0.969 bits per heavy atom. The topological polar surface area (TPSA) is 67.7 Å². The van der Waals surface area contributed by atoms with Gasteiger partial charge in [-0.25, -0.2) is 9.37 Å². The van der Waals surface area contributed by atoms with Crippen LogP contribution in [0.3, 0.4) is 0 Å². The Morgan fingerprint density at radius 2 is 1.69 bits per heavy atom. The zero-order valence-electron chi connectivity index (χ0n) is 18.2. The number of piperidine rings is 2. The smallest absolute Gasteiger partial charge is 0.274 e. The molecule has 5 rings (SSSR count). The Kier molecular flexibility index (Phi) is 5.95. The summed E-state index contributed by atoms with van der Waals surface area (Å²) >= 11 is 0. The fourth-order valence-electron chi connectivity index (χ4n) is 5.04. The van der Waals surface area contributed by atoms with Gasteiger partial charge in [0.2, 0.25) is 5.91 Å². The predicted octanol–water partition coefficient (Wildman–Crippen LogP) is 3.16. The van der Waals surface area contributed by atoms with Gasteiger partial charge in [0.05, 0.1) is 25.2 Å². The lowest BCUT2D eigenvalue weighted by Crippen LogP contribution is -2.46. The van der Waals surface area contributed by atoms with Gasteiger partial charge in [-0.2, -0.15) is 0 Å². The van der Waals surface area contributed by atoms with E-state index in [4.69, 9.17) is 4.74 Å².